The Hall–Kier alpha value is -1.13. The summed E-state index contributed by atoms with van der Waals surface area (Å²) in [6.45, 7) is 0.984. The van der Waals surface area contributed by atoms with Crippen molar-refractivity contribution in [3.8, 4) is 5.88 Å². The molecule has 0 bridgehead atoms. The van der Waals surface area contributed by atoms with Gasteiger partial charge in [-0.1, -0.05) is 13.8 Å². The summed E-state index contributed by atoms with van der Waals surface area (Å²) in [5.74, 6) is 0.148. The van der Waals surface area contributed by atoms with Gasteiger partial charge in [0.15, 0.2) is 0 Å². The van der Waals surface area contributed by atoms with Gasteiger partial charge in [-0.3, -0.25) is 4.68 Å². The van der Waals surface area contributed by atoms with Gasteiger partial charge < -0.3 is 4.74 Å². The van der Waals surface area contributed by atoms with Gasteiger partial charge in [0.05, 0.1) is 0 Å². The van der Waals surface area contributed by atoms with Crippen molar-refractivity contribution < 1.29 is 13.5 Å². The fourth-order valence-corrected chi connectivity index (χ4v) is 1.06. The largest absolute Gasteiger partial charge is 0.415 e. The molecular weight excluding hydrogens is 178 g/mol. The van der Waals surface area contributed by atoms with Gasteiger partial charge in [0.2, 0.25) is 5.88 Å². The molecule has 1 aromatic rings. The zero-order chi connectivity index (χ0) is 10.0. The van der Waals surface area contributed by atoms with Crippen molar-refractivity contribution in [3.63, 3.8) is 0 Å². The molecule has 0 aliphatic rings. The summed E-state index contributed by atoms with van der Waals surface area (Å²) >= 11 is 0. The molecule has 0 unspecified atom stereocenters. The Morgan fingerprint density at radius 1 is 1.46 bits per heavy atom. The van der Waals surface area contributed by atoms with Gasteiger partial charge in [0, 0.05) is 18.8 Å². The SMILES string of the molecule is CC(C)c1cn(C)nc1OC(F)F. The van der Waals surface area contributed by atoms with E-state index in [2.05, 4.69) is 9.84 Å². The van der Waals surface area contributed by atoms with E-state index in [1.807, 2.05) is 13.8 Å². The lowest BCUT2D eigenvalue weighted by molar-refractivity contribution is -0.0538. The molecule has 0 saturated carbocycles. The van der Waals surface area contributed by atoms with Crippen molar-refractivity contribution in [2.24, 2.45) is 7.05 Å². The van der Waals surface area contributed by atoms with Gasteiger partial charge in [0.25, 0.3) is 0 Å². The molecular formula is C8H12F2N2O. The van der Waals surface area contributed by atoms with E-state index >= 15 is 0 Å². The number of hydrogen-bond acceptors (Lipinski definition) is 2. The number of halogens is 2. The van der Waals surface area contributed by atoms with Crippen LogP contribution >= 0.6 is 0 Å². The van der Waals surface area contributed by atoms with Gasteiger partial charge in [-0.2, -0.15) is 8.78 Å². The lowest BCUT2D eigenvalue weighted by atomic mass is 10.1. The summed E-state index contributed by atoms with van der Waals surface area (Å²) in [4.78, 5) is 0. The minimum Gasteiger partial charge on any atom is -0.415 e. The van der Waals surface area contributed by atoms with Gasteiger partial charge in [-0.25, -0.2) is 0 Å². The predicted molar refractivity (Wildman–Crippen MR) is 43.9 cm³/mol. The highest BCUT2D eigenvalue weighted by molar-refractivity contribution is 5.26. The Morgan fingerprint density at radius 3 is 2.54 bits per heavy atom. The molecule has 74 valence electrons. The molecule has 13 heavy (non-hydrogen) atoms. The summed E-state index contributed by atoms with van der Waals surface area (Å²) in [7, 11) is 1.67. The zero-order valence-corrected chi connectivity index (χ0v) is 7.79. The van der Waals surface area contributed by atoms with Crippen molar-refractivity contribution in [2.45, 2.75) is 26.4 Å². The van der Waals surface area contributed by atoms with Crippen LogP contribution in [0.5, 0.6) is 5.88 Å². The Bertz CT molecular complexity index is 284. The molecule has 0 saturated heterocycles. The van der Waals surface area contributed by atoms with E-state index in [0.29, 0.717) is 5.56 Å². The van der Waals surface area contributed by atoms with Crippen molar-refractivity contribution in [1.29, 1.82) is 0 Å². The predicted octanol–water partition coefficient (Wildman–Crippen LogP) is 2.14. The van der Waals surface area contributed by atoms with E-state index in [1.54, 1.807) is 13.2 Å². The summed E-state index contributed by atoms with van der Waals surface area (Å²) in [5.41, 5.74) is 0.697. The molecule has 0 aliphatic carbocycles. The molecule has 0 aliphatic heterocycles. The van der Waals surface area contributed by atoms with Gasteiger partial charge in [-0.15, -0.1) is 5.10 Å². The summed E-state index contributed by atoms with van der Waals surface area (Å²) in [6.07, 6.45) is 1.68. The molecule has 3 nitrogen and oxygen atoms in total. The van der Waals surface area contributed by atoms with Crippen LogP contribution in [-0.2, 0) is 7.05 Å². The van der Waals surface area contributed by atoms with Crippen molar-refractivity contribution in [2.75, 3.05) is 0 Å². The standard InChI is InChI=1S/C8H12F2N2O/c1-5(2)6-4-12(3)11-7(6)13-8(9)10/h4-5,8H,1-3H3. The topological polar surface area (TPSA) is 27.1 Å². The van der Waals surface area contributed by atoms with Crippen LogP contribution in [0.3, 0.4) is 0 Å². The van der Waals surface area contributed by atoms with Crippen molar-refractivity contribution >= 4 is 0 Å². The van der Waals surface area contributed by atoms with Gasteiger partial charge >= 0.3 is 6.61 Å². The second-order valence-corrected chi connectivity index (χ2v) is 3.10. The first kappa shape index (κ1) is 9.95. The smallest absolute Gasteiger partial charge is 0.388 e. The lowest BCUT2D eigenvalue weighted by Crippen LogP contribution is -2.04. The highest BCUT2D eigenvalue weighted by Gasteiger charge is 2.15. The molecule has 1 heterocycles. The summed E-state index contributed by atoms with van der Waals surface area (Å²) in [5, 5.41) is 3.79. The first-order valence-corrected chi connectivity index (χ1v) is 3.99. The fraction of sp³-hybridized carbons (Fsp3) is 0.625. The number of rotatable bonds is 3. The maximum Gasteiger partial charge on any atom is 0.388 e. The van der Waals surface area contributed by atoms with Crippen LogP contribution in [0.4, 0.5) is 8.78 Å². The number of alkyl halides is 2. The van der Waals surface area contributed by atoms with Crippen LogP contribution in [0.15, 0.2) is 6.20 Å². The van der Waals surface area contributed by atoms with Crippen LogP contribution in [-0.4, -0.2) is 16.4 Å². The molecule has 0 radical (unpaired) electrons. The number of aryl methyl sites for hydroxylation is 1. The van der Waals surface area contributed by atoms with Crippen LogP contribution in [0, 0.1) is 0 Å². The molecule has 5 heteroatoms. The van der Waals surface area contributed by atoms with Crippen LogP contribution in [0.25, 0.3) is 0 Å². The highest BCUT2D eigenvalue weighted by Crippen LogP contribution is 2.25. The van der Waals surface area contributed by atoms with Crippen molar-refractivity contribution in [3.05, 3.63) is 11.8 Å². The molecule has 0 amide bonds. The second kappa shape index (κ2) is 3.72. The first-order chi connectivity index (χ1) is 6.00. The Kier molecular flexibility index (Phi) is 2.85. The Balaban J connectivity index is 2.91. The average molecular weight is 190 g/mol. The monoisotopic (exact) mass is 190 g/mol. The van der Waals surface area contributed by atoms with E-state index in [9.17, 15) is 8.78 Å². The van der Waals surface area contributed by atoms with E-state index in [0.717, 1.165) is 0 Å². The lowest BCUT2D eigenvalue weighted by Gasteiger charge is -2.05. The molecule has 0 N–H and O–H groups in total. The summed E-state index contributed by atoms with van der Waals surface area (Å²) < 4.78 is 29.5. The highest BCUT2D eigenvalue weighted by atomic mass is 19.3. The van der Waals surface area contributed by atoms with E-state index < -0.39 is 6.61 Å². The maximum atomic E-state index is 11.9. The number of aromatic nitrogens is 2. The number of hydrogen-bond donors (Lipinski definition) is 0. The van der Waals surface area contributed by atoms with E-state index in [4.69, 9.17) is 0 Å². The molecule has 0 spiro atoms. The molecule has 1 aromatic heterocycles. The third kappa shape index (κ3) is 2.40. The number of nitrogens with zero attached hydrogens (tertiary/aromatic N) is 2. The normalized spacial score (nSPS) is 11.3. The third-order valence-electron chi connectivity index (χ3n) is 1.64. The first-order valence-electron chi connectivity index (χ1n) is 3.99. The van der Waals surface area contributed by atoms with Crippen LogP contribution in [0.1, 0.15) is 25.3 Å². The maximum absolute atomic E-state index is 11.9. The van der Waals surface area contributed by atoms with E-state index in [-0.39, 0.29) is 11.8 Å². The fourth-order valence-electron chi connectivity index (χ4n) is 1.06. The van der Waals surface area contributed by atoms with Gasteiger partial charge in [0.1, 0.15) is 0 Å². The van der Waals surface area contributed by atoms with Crippen LogP contribution < -0.4 is 4.74 Å². The van der Waals surface area contributed by atoms with E-state index in [1.165, 1.54) is 4.68 Å². The minimum atomic E-state index is -2.81. The van der Waals surface area contributed by atoms with Gasteiger partial charge in [-0.05, 0) is 5.92 Å². The second-order valence-electron chi connectivity index (χ2n) is 3.10. The average Bonchev–Trinajstić information content (AvgIpc) is 2.29. The molecule has 0 fully saturated rings. The van der Waals surface area contributed by atoms with Crippen LogP contribution in [0.2, 0.25) is 0 Å². The quantitative estimate of drug-likeness (QED) is 0.730. The summed E-state index contributed by atoms with van der Waals surface area (Å²) in [6, 6.07) is 0. The Morgan fingerprint density at radius 2 is 2.08 bits per heavy atom. The number of ether oxygens (including phenoxy) is 1. The molecule has 1 rings (SSSR count). The zero-order valence-electron chi connectivity index (χ0n) is 7.79. The molecule has 0 atom stereocenters. The Labute approximate surface area is 75.3 Å². The third-order valence-corrected chi connectivity index (χ3v) is 1.64. The van der Waals surface area contributed by atoms with Crippen molar-refractivity contribution in [1.82, 2.24) is 9.78 Å². The minimum absolute atomic E-state index is 0.0208. The molecule has 0 aromatic carbocycles.